The lowest BCUT2D eigenvalue weighted by Gasteiger charge is -2.08. The zero-order chi connectivity index (χ0) is 13.4. The van der Waals surface area contributed by atoms with E-state index in [0.717, 1.165) is 12.2 Å². The van der Waals surface area contributed by atoms with Gasteiger partial charge in [0.05, 0.1) is 13.0 Å². The van der Waals surface area contributed by atoms with E-state index in [-0.39, 0.29) is 5.91 Å². The van der Waals surface area contributed by atoms with Gasteiger partial charge in [-0.25, -0.2) is 0 Å². The summed E-state index contributed by atoms with van der Waals surface area (Å²) >= 11 is 0. The van der Waals surface area contributed by atoms with Gasteiger partial charge in [0.15, 0.2) is 0 Å². The van der Waals surface area contributed by atoms with Gasteiger partial charge < -0.3 is 10.1 Å². The molecule has 0 heterocycles. The van der Waals surface area contributed by atoms with Crippen molar-refractivity contribution >= 4 is 5.91 Å². The second kappa shape index (κ2) is 7.54. The van der Waals surface area contributed by atoms with Gasteiger partial charge in [-0.3, -0.25) is 4.79 Å². The summed E-state index contributed by atoms with van der Waals surface area (Å²) in [5, 5.41) is 2.80. The van der Waals surface area contributed by atoms with E-state index in [1.165, 1.54) is 11.1 Å². The first-order valence-electron chi connectivity index (χ1n) is 6.21. The molecule has 0 aliphatic rings. The Morgan fingerprint density at radius 2 is 2.17 bits per heavy atom. The van der Waals surface area contributed by atoms with E-state index in [9.17, 15) is 4.79 Å². The summed E-state index contributed by atoms with van der Waals surface area (Å²) in [6.07, 6.45) is 2.96. The van der Waals surface area contributed by atoms with Gasteiger partial charge >= 0.3 is 0 Å². The Morgan fingerprint density at radius 3 is 2.83 bits per heavy atom. The summed E-state index contributed by atoms with van der Waals surface area (Å²) in [4.78, 5) is 11.4. The summed E-state index contributed by atoms with van der Waals surface area (Å²) in [6.45, 7) is 8.76. The van der Waals surface area contributed by atoms with Crippen LogP contribution in [0.1, 0.15) is 24.0 Å². The zero-order valence-corrected chi connectivity index (χ0v) is 11.2. The van der Waals surface area contributed by atoms with Crippen LogP contribution in [0, 0.1) is 13.8 Å². The zero-order valence-electron chi connectivity index (χ0n) is 11.2. The minimum absolute atomic E-state index is 0.0145. The lowest BCUT2D eigenvalue weighted by molar-refractivity contribution is -0.121. The third-order valence-corrected chi connectivity index (χ3v) is 2.75. The predicted octanol–water partition coefficient (Wildman–Crippen LogP) is 2.76. The van der Waals surface area contributed by atoms with Crippen LogP contribution < -0.4 is 10.1 Å². The number of carbonyl (C=O) groups is 1. The molecule has 0 aliphatic carbocycles. The van der Waals surface area contributed by atoms with Crippen LogP contribution in [0.2, 0.25) is 0 Å². The fraction of sp³-hybridized carbons (Fsp3) is 0.400. The van der Waals surface area contributed by atoms with Crippen molar-refractivity contribution < 1.29 is 9.53 Å². The van der Waals surface area contributed by atoms with Gasteiger partial charge in [0.25, 0.3) is 0 Å². The molecule has 0 atom stereocenters. The van der Waals surface area contributed by atoms with Crippen molar-refractivity contribution in [1.29, 1.82) is 0 Å². The van der Waals surface area contributed by atoms with E-state index in [1.54, 1.807) is 6.08 Å². The minimum Gasteiger partial charge on any atom is -0.493 e. The lowest BCUT2D eigenvalue weighted by Crippen LogP contribution is -2.25. The van der Waals surface area contributed by atoms with E-state index in [2.05, 4.69) is 18.8 Å². The molecule has 18 heavy (non-hydrogen) atoms. The maximum absolute atomic E-state index is 11.4. The molecule has 0 fully saturated rings. The number of nitrogens with one attached hydrogen (secondary N) is 1. The van der Waals surface area contributed by atoms with Gasteiger partial charge in [-0.15, -0.1) is 6.58 Å². The molecule has 1 aromatic rings. The van der Waals surface area contributed by atoms with Crippen molar-refractivity contribution in [3.05, 3.63) is 42.0 Å². The number of hydrogen-bond donors (Lipinski definition) is 1. The van der Waals surface area contributed by atoms with Crippen LogP contribution in [-0.2, 0) is 4.79 Å². The monoisotopic (exact) mass is 247 g/mol. The fourth-order valence-corrected chi connectivity index (χ4v) is 1.47. The van der Waals surface area contributed by atoms with Crippen molar-refractivity contribution in [1.82, 2.24) is 5.32 Å². The molecule has 3 heteroatoms. The molecule has 0 bridgehead atoms. The number of ether oxygens (including phenoxy) is 1. The van der Waals surface area contributed by atoms with Gasteiger partial charge in [-0.2, -0.15) is 0 Å². The van der Waals surface area contributed by atoms with Crippen LogP contribution in [0.25, 0.3) is 0 Å². The van der Waals surface area contributed by atoms with Crippen molar-refractivity contribution in [2.45, 2.75) is 26.7 Å². The molecular weight excluding hydrogens is 226 g/mol. The smallest absolute Gasteiger partial charge is 0.223 e. The maximum atomic E-state index is 11.4. The number of aryl methyl sites for hydroxylation is 2. The largest absolute Gasteiger partial charge is 0.493 e. The Morgan fingerprint density at radius 1 is 1.39 bits per heavy atom. The Balaban J connectivity index is 2.26. The van der Waals surface area contributed by atoms with Crippen molar-refractivity contribution in [3.8, 4) is 5.75 Å². The molecule has 3 nitrogen and oxygen atoms in total. The average molecular weight is 247 g/mol. The summed E-state index contributed by atoms with van der Waals surface area (Å²) in [7, 11) is 0. The third-order valence-electron chi connectivity index (χ3n) is 2.75. The maximum Gasteiger partial charge on any atom is 0.223 e. The van der Waals surface area contributed by atoms with E-state index in [4.69, 9.17) is 4.74 Å². The first kappa shape index (κ1) is 14.3. The molecule has 0 saturated carbocycles. The molecule has 0 saturated heterocycles. The van der Waals surface area contributed by atoms with Crippen molar-refractivity contribution in [2.75, 3.05) is 13.2 Å². The fourth-order valence-electron chi connectivity index (χ4n) is 1.47. The predicted molar refractivity (Wildman–Crippen MR) is 73.9 cm³/mol. The quantitative estimate of drug-likeness (QED) is 0.594. The van der Waals surface area contributed by atoms with Gasteiger partial charge in [0.2, 0.25) is 5.91 Å². The van der Waals surface area contributed by atoms with Crippen LogP contribution in [0.4, 0.5) is 0 Å². The molecule has 0 spiro atoms. The number of rotatable bonds is 7. The minimum atomic E-state index is 0.0145. The molecule has 0 aromatic heterocycles. The van der Waals surface area contributed by atoms with Crippen molar-refractivity contribution in [2.24, 2.45) is 0 Å². The van der Waals surface area contributed by atoms with Crippen LogP contribution >= 0.6 is 0 Å². The highest BCUT2D eigenvalue weighted by Gasteiger charge is 2.01. The summed E-state index contributed by atoms with van der Waals surface area (Å²) < 4.78 is 5.54. The first-order chi connectivity index (χ1) is 8.63. The Kier molecular flexibility index (Phi) is 5.98. The second-order valence-electron chi connectivity index (χ2n) is 4.27. The second-order valence-corrected chi connectivity index (χ2v) is 4.27. The highest BCUT2D eigenvalue weighted by atomic mass is 16.5. The number of amides is 1. The Labute approximate surface area is 109 Å². The molecule has 1 amide bonds. The molecule has 0 radical (unpaired) electrons. The molecular formula is C15H21NO2. The van der Waals surface area contributed by atoms with Gasteiger partial charge in [0, 0.05) is 6.54 Å². The molecule has 0 aliphatic heterocycles. The third kappa shape index (κ3) is 5.04. The SMILES string of the molecule is C=CCCNC(=O)CCOc1ccc(C)c(C)c1. The Hall–Kier alpha value is -1.77. The number of carbonyl (C=O) groups excluding carboxylic acids is 1. The van der Waals surface area contributed by atoms with E-state index in [0.29, 0.717) is 19.6 Å². The average Bonchev–Trinajstić information content (AvgIpc) is 2.34. The summed E-state index contributed by atoms with van der Waals surface area (Å²) in [6, 6.07) is 5.94. The van der Waals surface area contributed by atoms with Crippen LogP contribution in [-0.4, -0.2) is 19.1 Å². The molecule has 1 rings (SSSR count). The highest BCUT2D eigenvalue weighted by Crippen LogP contribution is 2.16. The van der Waals surface area contributed by atoms with Gasteiger partial charge in [-0.1, -0.05) is 12.1 Å². The highest BCUT2D eigenvalue weighted by molar-refractivity contribution is 5.75. The van der Waals surface area contributed by atoms with E-state index in [1.807, 2.05) is 25.1 Å². The number of hydrogen-bond acceptors (Lipinski definition) is 2. The van der Waals surface area contributed by atoms with E-state index < -0.39 is 0 Å². The number of benzene rings is 1. The molecule has 1 aromatic carbocycles. The van der Waals surface area contributed by atoms with Crippen LogP contribution in [0.15, 0.2) is 30.9 Å². The normalized spacial score (nSPS) is 9.89. The van der Waals surface area contributed by atoms with Crippen LogP contribution in [0.5, 0.6) is 5.75 Å². The summed E-state index contributed by atoms with van der Waals surface area (Å²) in [5.41, 5.74) is 2.44. The topological polar surface area (TPSA) is 38.3 Å². The summed E-state index contributed by atoms with van der Waals surface area (Å²) in [5.74, 6) is 0.831. The van der Waals surface area contributed by atoms with Crippen LogP contribution in [0.3, 0.4) is 0 Å². The molecule has 1 N–H and O–H groups in total. The standard InChI is InChI=1S/C15H21NO2/c1-4-5-9-16-15(17)8-10-18-14-7-6-12(2)13(3)11-14/h4,6-7,11H,1,5,8-10H2,2-3H3,(H,16,17). The van der Waals surface area contributed by atoms with E-state index >= 15 is 0 Å². The Bertz CT molecular complexity index is 413. The molecule has 0 unspecified atom stereocenters. The van der Waals surface area contributed by atoms with Gasteiger partial charge in [-0.05, 0) is 43.5 Å². The molecule has 98 valence electrons. The first-order valence-corrected chi connectivity index (χ1v) is 6.21. The lowest BCUT2D eigenvalue weighted by atomic mass is 10.1. The van der Waals surface area contributed by atoms with Gasteiger partial charge in [0.1, 0.15) is 5.75 Å². The van der Waals surface area contributed by atoms with Crippen molar-refractivity contribution in [3.63, 3.8) is 0 Å².